The van der Waals surface area contributed by atoms with E-state index in [0.717, 1.165) is 41.5 Å². The molecule has 2 rings (SSSR count). The average molecular weight is 595 g/mol. The van der Waals surface area contributed by atoms with E-state index in [2.05, 4.69) is 17.6 Å². The number of aryl methyl sites for hydroxylation is 4. The molecule has 2 aromatic rings. The molecule has 0 aliphatic rings. The molecule has 0 aliphatic carbocycles. The Bertz CT molecular complexity index is 1260. The lowest BCUT2D eigenvalue weighted by Gasteiger charge is -2.35. The predicted molar refractivity (Wildman–Crippen MR) is 171 cm³/mol. The number of carbonyl (C=O) groups is 4. The maximum Gasteiger partial charge on any atom is 0.408 e. The second kappa shape index (κ2) is 16.1. The van der Waals surface area contributed by atoms with E-state index in [9.17, 15) is 19.2 Å². The van der Waals surface area contributed by atoms with Crippen LogP contribution in [0, 0.1) is 27.7 Å². The summed E-state index contributed by atoms with van der Waals surface area (Å²) in [7, 11) is 0. The van der Waals surface area contributed by atoms with Crippen LogP contribution < -0.4 is 16.4 Å². The van der Waals surface area contributed by atoms with Crippen molar-refractivity contribution in [1.82, 2.24) is 10.2 Å². The largest absolute Gasteiger partial charge is 0.444 e. The SMILES string of the molecule is CCCCCCN(C(=O)C(CCC(N)=O)NC(=O)OC(C)(C)C)C(C(=O)Nc1c(C)cccc1C)c1ccc(C)c(C)c1. The van der Waals surface area contributed by atoms with E-state index in [-0.39, 0.29) is 25.3 Å². The number of ether oxygens (including phenoxy) is 1. The molecule has 236 valence electrons. The summed E-state index contributed by atoms with van der Waals surface area (Å²) in [5.41, 5.74) is 9.83. The molecule has 0 spiro atoms. The number of nitrogens with one attached hydrogen (secondary N) is 2. The van der Waals surface area contributed by atoms with Crippen LogP contribution in [-0.4, -0.2) is 46.9 Å². The quantitative estimate of drug-likeness (QED) is 0.225. The average Bonchev–Trinajstić information content (AvgIpc) is 2.90. The highest BCUT2D eigenvalue weighted by Crippen LogP contribution is 2.29. The number of anilines is 1. The Morgan fingerprint density at radius 2 is 1.56 bits per heavy atom. The van der Waals surface area contributed by atoms with Gasteiger partial charge in [0.25, 0.3) is 5.91 Å². The molecule has 0 aromatic heterocycles. The lowest BCUT2D eigenvalue weighted by molar-refractivity contribution is -0.141. The summed E-state index contributed by atoms with van der Waals surface area (Å²) in [6.45, 7) is 15.3. The molecule has 0 aliphatic heterocycles. The lowest BCUT2D eigenvalue weighted by atomic mass is 9.97. The summed E-state index contributed by atoms with van der Waals surface area (Å²) in [4.78, 5) is 54.7. The van der Waals surface area contributed by atoms with Gasteiger partial charge >= 0.3 is 6.09 Å². The van der Waals surface area contributed by atoms with Crippen LogP contribution in [0.2, 0.25) is 0 Å². The van der Waals surface area contributed by atoms with E-state index in [1.165, 1.54) is 4.90 Å². The molecular formula is C34H50N4O5. The number of carbonyl (C=O) groups excluding carboxylic acids is 4. The summed E-state index contributed by atoms with van der Waals surface area (Å²) in [5, 5.41) is 5.74. The zero-order chi connectivity index (χ0) is 32.3. The fraction of sp³-hybridized carbons (Fsp3) is 0.529. The Hall–Kier alpha value is -3.88. The first-order valence-electron chi connectivity index (χ1n) is 15.2. The van der Waals surface area contributed by atoms with Crippen molar-refractivity contribution >= 4 is 29.5 Å². The van der Waals surface area contributed by atoms with Gasteiger partial charge in [0.1, 0.15) is 17.7 Å². The number of unbranched alkanes of at least 4 members (excludes halogenated alkanes) is 3. The zero-order valence-corrected chi connectivity index (χ0v) is 27.1. The van der Waals surface area contributed by atoms with E-state index in [1.54, 1.807) is 20.8 Å². The van der Waals surface area contributed by atoms with Crippen LogP contribution in [0.5, 0.6) is 0 Å². The van der Waals surface area contributed by atoms with E-state index < -0.39 is 35.6 Å². The molecule has 2 aromatic carbocycles. The predicted octanol–water partition coefficient (Wildman–Crippen LogP) is 6.17. The van der Waals surface area contributed by atoms with Gasteiger partial charge < -0.3 is 26.0 Å². The second-order valence-corrected chi connectivity index (χ2v) is 12.3. The van der Waals surface area contributed by atoms with E-state index in [4.69, 9.17) is 10.5 Å². The number of alkyl carbamates (subject to hydrolysis) is 1. The molecule has 0 radical (unpaired) electrons. The highest BCUT2D eigenvalue weighted by atomic mass is 16.6. The second-order valence-electron chi connectivity index (χ2n) is 12.3. The standard InChI is InChI=1S/C34H50N4O5/c1-9-10-11-12-20-38(32(41)27(18-19-28(35)39)36-33(42)43-34(6,7)8)30(26-17-16-22(2)25(5)21-26)31(40)37-29-23(3)14-13-15-24(29)4/h13-17,21,27,30H,9-12,18-20H2,1-8H3,(H2,35,39)(H,36,42)(H,37,40). The summed E-state index contributed by atoms with van der Waals surface area (Å²) in [6.07, 6.45) is 2.56. The van der Waals surface area contributed by atoms with Gasteiger partial charge in [-0.15, -0.1) is 0 Å². The Morgan fingerprint density at radius 3 is 2.12 bits per heavy atom. The van der Waals surface area contributed by atoms with Gasteiger partial charge in [0.15, 0.2) is 0 Å². The van der Waals surface area contributed by atoms with Crippen LogP contribution in [0.25, 0.3) is 0 Å². The first kappa shape index (κ1) is 35.3. The van der Waals surface area contributed by atoms with Crippen LogP contribution in [0.4, 0.5) is 10.5 Å². The summed E-state index contributed by atoms with van der Waals surface area (Å²) in [5.74, 6) is -1.45. The van der Waals surface area contributed by atoms with Gasteiger partial charge in [0.2, 0.25) is 11.8 Å². The number of benzene rings is 2. The van der Waals surface area contributed by atoms with Crippen molar-refractivity contribution < 1.29 is 23.9 Å². The molecule has 0 bridgehead atoms. The minimum atomic E-state index is -1.13. The molecular weight excluding hydrogens is 544 g/mol. The number of hydrogen-bond acceptors (Lipinski definition) is 5. The monoisotopic (exact) mass is 594 g/mol. The third-order valence-corrected chi connectivity index (χ3v) is 7.34. The summed E-state index contributed by atoms with van der Waals surface area (Å²) < 4.78 is 5.43. The summed E-state index contributed by atoms with van der Waals surface area (Å²) in [6, 6.07) is 9.38. The number of primary amides is 1. The molecule has 0 saturated carbocycles. The van der Waals surface area contributed by atoms with Crippen molar-refractivity contribution in [1.29, 1.82) is 0 Å². The van der Waals surface area contributed by atoms with Crippen LogP contribution in [0.1, 0.15) is 100 Å². The third kappa shape index (κ3) is 11.0. The fourth-order valence-electron chi connectivity index (χ4n) is 4.88. The topological polar surface area (TPSA) is 131 Å². The van der Waals surface area contributed by atoms with Crippen molar-refractivity contribution in [3.05, 3.63) is 64.2 Å². The van der Waals surface area contributed by atoms with Crippen molar-refractivity contribution in [3.8, 4) is 0 Å². The Balaban J connectivity index is 2.63. The van der Waals surface area contributed by atoms with E-state index in [1.807, 2.05) is 64.1 Å². The molecule has 2 atom stereocenters. The van der Waals surface area contributed by atoms with Gasteiger partial charge in [-0.2, -0.15) is 0 Å². The van der Waals surface area contributed by atoms with Crippen LogP contribution in [-0.2, 0) is 19.1 Å². The Morgan fingerprint density at radius 1 is 0.907 bits per heavy atom. The third-order valence-electron chi connectivity index (χ3n) is 7.34. The van der Waals surface area contributed by atoms with E-state index >= 15 is 0 Å². The number of para-hydroxylation sites is 1. The molecule has 0 saturated heterocycles. The molecule has 0 heterocycles. The van der Waals surface area contributed by atoms with Gasteiger partial charge in [-0.25, -0.2) is 4.79 Å². The van der Waals surface area contributed by atoms with Gasteiger partial charge in [-0.1, -0.05) is 62.6 Å². The first-order chi connectivity index (χ1) is 20.1. The van der Waals surface area contributed by atoms with Crippen LogP contribution in [0.15, 0.2) is 36.4 Å². The van der Waals surface area contributed by atoms with Crippen LogP contribution in [0.3, 0.4) is 0 Å². The van der Waals surface area contributed by atoms with Gasteiger partial charge in [-0.05, 0) is 89.1 Å². The molecule has 43 heavy (non-hydrogen) atoms. The molecule has 2 unspecified atom stereocenters. The number of nitrogens with zero attached hydrogens (tertiary/aromatic N) is 1. The lowest BCUT2D eigenvalue weighted by Crippen LogP contribution is -2.53. The number of nitrogens with two attached hydrogens (primary N) is 1. The summed E-state index contributed by atoms with van der Waals surface area (Å²) >= 11 is 0. The maximum absolute atomic E-state index is 14.4. The van der Waals surface area contributed by atoms with Gasteiger partial charge in [-0.3, -0.25) is 14.4 Å². The first-order valence-corrected chi connectivity index (χ1v) is 15.2. The molecule has 4 amide bonds. The van der Waals surface area contributed by atoms with Crippen LogP contribution >= 0.6 is 0 Å². The van der Waals surface area contributed by atoms with Crippen molar-refractivity contribution in [3.63, 3.8) is 0 Å². The number of hydrogen-bond donors (Lipinski definition) is 3. The van der Waals surface area contributed by atoms with E-state index in [0.29, 0.717) is 17.7 Å². The van der Waals surface area contributed by atoms with Crippen molar-refractivity contribution in [2.45, 2.75) is 112 Å². The highest BCUT2D eigenvalue weighted by Gasteiger charge is 2.36. The van der Waals surface area contributed by atoms with Crippen molar-refractivity contribution in [2.75, 3.05) is 11.9 Å². The Kier molecular flexibility index (Phi) is 13.2. The molecule has 9 nitrogen and oxygen atoms in total. The normalized spacial score (nSPS) is 12.7. The Labute approximate surface area is 256 Å². The molecule has 9 heteroatoms. The smallest absolute Gasteiger partial charge is 0.408 e. The van der Waals surface area contributed by atoms with Crippen molar-refractivity contribution in [2.24, 2.45) is 5.73 Å². The fourth-order valence-corrected chi connectivity index (χ4v) is 4.88. The van der Waals surface area contributed by atoms with Gasteiger partial charge in [0.05, 0.1) is 0 Å². The van der Waals surface area contributed by atoms with Gasteiger partial charge in [0, 0.05) is 18.7 Å². The minimum Gasteiger partial charge on any atom is -0.444 e. The zero-order valence-electron chi connectivity index (χ0n) is 27.1. The molecule has 4 N–H and O–H groups in total. The maximum atomic E-state index is 14.4. The minimum absolute atomic E-state index is 0.0307. The number of amides is 4. The number of rotatable bonds is 14. The highest BCUT2D eigenvalue weighted by molar-refractivity contribution is 6.00. The molecule has 0 fully saturated rings.